The van der Waals surface area contributed by atoms with Gasteiger partial charge in [-0.1, -0.05) is 34.8 Å². The second-order valence-electron chi connectivity index (χ2n) is 4.33. The molecule has 0 aliphatic rings. The summed E-state index contributed by atoms with van der Waals surface area (Å²) in [7, 11) is 0. The SMILES string of the molecule is C[C@H](Oc1ccc(Cl)cc1)C(=O)Nc1cc(Cl)ccc1Cl. The van der Waals surface area contributed by atoms with Crippen molar-refractivity contribution in [2.45, 2.75) is 13.0 Å². The van der Waals surface area contributed by atoms with Crippen molar-refractivity contribution < 1.29 is 9.53 Å². The molecule has 2 aromatic rings. The van der Waals surface area contributed by atoms with Crippen LogP contribution in [-0.2, 0) is 4.79 Å². The molecule has 3 nitrogen and oxygen atoms in total. The summed E-state index contributed by atoms with van der Waals surface area (Å²) in [6.45, 7) is 1.64. The Kier molecular flexibility index (Phi) is 5.34. The monoisotopic (exact) mass is 343 g/mol. The Morgan fingerprint density at radius 2 is 1.67 bits per heavy atom. The molecule has 110 valence electrons. The van der Waals surface area contributed by atoms with Crippen molar-refractivity contribution in [1.82, 2.24) is 0 Å². The van der Waals surface area contributed by atoms with Crippen molar-refractivity contribution in [2.75, 3.05) is 5.32 Å². The average Bonchev–Trinajstić information content (AvgIpc) is 2.45. The van der Waals surface area contributed by atoms with Gasteiger partial charge in [0.15, 0.2) is 6.10 Å². The standard InChI is InChI=1S/C15H12Cl3NO2/c1-9(21-12-5-2-10(16)3-6-12)15(20)19-14-8-11(17)4-7-13(14)18/h2-9H,1H3,(H,19,20)/t9-/m0/s1. The van der Waals surface area contributed by atoms with E-state index in [2.05, 4.69) is 5.32 Å². The highest BCUT2D eigenvalue weighted by Crippen LogP contribution is 2.25. The van der Waals surface area contributed by atoms with Crippen molar-refractivity contribution in [3.05, 3.63) is 57.5 Å². The van der Waals surface area contributed by atoms with Crippen LogP contribution in [0.25, 0.3) is 0 Å². The van der Waals surface area contributed by atoms with E-state index in [-0.39, 0.29) is 5.91 Å². The Hall–Kier alpha value is -1.42. The number of hydrogen-bond donors (Lipinski definition) is 1. The van der Waals surface area contributed by atoms with Crippen molar-refractivity contribution >= 4 is 46.4 Å². The first-order valence-electron chi connectivity index (χ1n) is 6.14. The van der Waals surface area contributed by atoms with Crippen molar-refractivity contribution in [2.24, 2.45) is 0 Å². The molecule has 1 atom stereocenters. The highest BCUT2D eigenvalue weighted by atomic mass is 35.5. The van der Waals surface area contributed by atoms with Gasteiger partial charge in [-0.05, 0) is 49.4 Å². The number of amides is 1. The molecule has 2 aromatic carbocycles. The van der Waals surface area contributed by atoms with Gasteiger partial charge in [-0.2, -0.15) is 0 Å². The fraction of sp³-hybridized carbons (Fsp3) is 0.133. The third kappa shape index (κ3) is 4.53. The number of halogens is 3. The molecule has 0 saturated carbocycles. The van der Waals surface area contributed by atoms with Crippen molar-refractivity contribution in [3.63, 3.8) is 0 Å². The van der Waals surface area contributed by atoms with E-state index in [1.165, 1.54) is 0 Å². The van der Waals surface area contributed by atoms with Crippen LogP contribution < -0.4 is 10.1 Å². The van der Waals surface area contributed by atoms with Crippen molar-refractivity contribution in [1.29, 1.82) is 0 Å². The third-order valence-corrected chi connectivity index (χ3v) is 3.50. The predicted octanol–water partition coefficient (Wildman–Crippen LogP) is 5.05. The maximum atomic E-state index is 12.1. The van der Waals surface area contributed by atoms with Gasteiger partial charge >= 0.3 is 0 Å². The molecule has 0 radical (unpaired) electrons. The van der Waals surface area contributed by atoms with Gasteiger partial charge in [0, 0.05) is 10.0 Å². The topological polar surface area (TPSA) is 38.3 Å². The zero-order chi connectivity index (χ0) is 15.4. The smallest absolute Gasteiger partial charge is 0.265 e. The number of nitrogens with one attached hydrogen (secondary N) is 1. The van der Waals surface area contributed by atoms with Crippen LogP contribution in [0.15, 0.2) is 42.5 Å². The van der Waals surface area contributed by atoms with Crippen LogP contribution in [0.5, 0.6) is 5.75 Å². The van der Waals surface area contributed by atoms with E-state index in [1.807, 2.05) is 0 Å². The lowest BCUT2D eigenvalue weighted by molar-refractivity contribution is -0.122. The second kappa shape index (κ2) is 7.03. The summed E-state index contributed by atoms with van der Waals surface area (Å²) in [5.41, 5.74) is 0.445. The van der Waals surface area contributed by atoms with E-state index in [0.29, 0.717) is 26.5 Å². The Balaban J connectivity index is 2.02. The van der Waals surface area contributed by atoms with Crippen LogP contribution in [0.2, 0.25) is 15.1 Å². The molecule has 1 amide bonds. The van der Waals surface area contributed by atoms with Gasteiger partial charge < -0.3 is 10.1 Å². The third-order valence-electron chi connectivity index (χ3n) is 2.68. The zero-order valence-electron chi connectivity index (χ0n) is 11.1. The summed E-state index contributed by atoms with van der Waals surface area (Å²) in [4.78, 5) is 12.1. The quantitative estimate of drug-likeness (QED) is 0.842. The van der Waals surface area contributed by atoms with Gasteiger partial charge in [0.25, 0.3) is 5.91 Å². The first kappa shape index (κ1) is 16.0. The number of benzene rings is 2. The summed E-state index contributed by atoms with van der Waals surface area (Å²) < 4.78 is 5.53. The largest absolute Gasteiger partial charge is 0.481 e. The molecule has 21 heavy (non-hydrogen) atoms. The Bertz CT molecular complexity index is 644. The molecule has 0 aliphatic heterocycles. The van der Waals surface area contributed by atoms with Gasteiger partial charge in [-0.3, -0.25) is 4.79 Å². The number of rotatable bonds is 4. The maximum Gasteiger partial charge on any atom is 0.265 e. The average molecular weight is 345 g/mol. The molecule has 0 aliphatic carbocycles. The van der Waals surface area contributed by atoms with Gasteiger partial charge in [-0.25, -0.2) is 0 Å². The van der Waals surface area contributed by atoms with E-state index in [4.69, 9.17) is 39.5 Å². The van der Waals surface area contributed by atoms with E-state index in [0.717, 1.165) is 0 Å². The number of ether oxygens (including phenoxy) is 1. The molecule has 1 N–H and O–H groups in total. The minimum absolute atomic E-state index is 0.325. The van der Waals surface area contributed by atoms with Gasteiger partial charge in [-0.15, -0.1) is 0 Å². The molecule has 0 aromatic heterocycles. The molecule has 2 rings (SSSR count). The summed E-state index contributed by atoms with van der Waals surface area (Å²) >= 11 is 17.7. The van der Waals surface area contributed by atoms with Gasteiger partial charge in [0.05, 0.1) is 10.7 Å². The molecule has 0 spiro atoms. The van der Waals surface area contributed by atoms with E-state index in [1.54, 1.807) is 49.4 Å². The first-order valence-corrected chi connectivity index (χ1v) is 7.27. The van der Waals surface area contributed by atoms with Crippen LogP contribution in [0.3, 0.4) is 0 Å². The van der Waals surface area contributed by atoms with Crippen LogP contribution in [-0.4, -0.2) is 12.0 Å². The van der Waals surface area contributed by atoms with E-state index >= 15 is 0 Å². The fourth-order valence-corrected chi connectivity index (χ4v) is 2.06. The molecule has 0 bridgehead atoms. The molecule has 0 saturated heterocycles. The lowest BCUT2D eigenvalue weighted by Crippen LogP contribution is -2.30. The summed E-state index contributed by atoms with van der Waals surface area (Å²) in [6.07, 6.45) is -0.693. The predicted molar refractivity (Wildman–Crippen MR) is 86.6 cm³/mol. The molecule has 0 fully saturated rings. The Labute approximate surface area is 137 Å². The summed E-state index contributed by atoms with van der Waals surface area (Å²) in [6, 6.07) is 11.6. The lowest BCUT2D eigenvalue weighted by Gasteiger charge is -2.15. The normalized spacial score (nSPS) is 11.8. The first-order chi connectivity index (χ1) is 9.95. The van der Waals surface area contributed by atoms with Gasteiger partial charge in [0.1, 0.15) is 5.75 Å². The minimum Gasteiger partial charge on any atom is -0.481 e. The van der Waals surface area contributed by atoms with Crippen molar-refractivity contribution in [3.8, 4) is 5.75 Å². The van der Waals surface area contributed by atoms with Gasteiger partial charge in [0.2, 0.25) is 0 Å². The number of carbonyl (C=O) groups excluding carboxylic acids is 1. The molecule has 0 heterocycles. The minimum atomic E-state index is -0.693. The van der Waals surface area contributed by atoms with Crippen LogP contribution in [0, 0.1) is 0 Å². The molecular weight excluding hydrogens is 333 g/mol. The number of carbonyl (C=O) groups is 1. The van der Waals surface area contributed by atoms with Crippen LogP contribution in [0.1, 0.15) is 6.92 Å². The highest BCUT2D eigenvalue weighted by molar-refractivity contribution is 6.35. The van der Waals surface area contributed by atoms with E-state index < -0.39 is 6.10 Å². The van der Waals surface area contributed by atoms with Crippen LogP contribution in [0.4, 0.5) is 5.69 Å². The fourth-order valence-electron chi connectivity index (χ4n) is 1.60. The second-order valence-corrected chi connectivity index (χ2v) is 5.61. The number of anilines is 1. The van der Waals surface area contributed by atoms with E-state index in [9.17, 15) is 4.79 Å². The maximum absolute atomic E-state index is 12.1. The lowest BCUT2D eigenvalue weighted by atomic mass is 10.3. The molecule has 0 unspecified atom stereocenters. The summed E-state index contributed by atoms with van der Waals surface area (Å²) in [5, 5.41) is 4.17. The zero-order valence-corrected chi connectivity index (χ0v) is 13.3. The number of hydrogen-bond acceptors (Lipinski definition) is 2. The van der Waals surface area contributed by atoms with Crippen LogP contribution >= 0.6 is 34.8 Å². The molecule has 6 heteroatoms. The Morgan fingerprint density at radius 3 is 2.33 bits per heavy atom. The Morgan fingerprint density at radius 1 is 1.05 bits per heavy atom. The molecular formula is C15H12Cl3NO2. The summed E-state index contributed by atoms with van der Waals surface area (Å²) in [5.74, 6) is 0.230. The highest BCUT2D eigenvalue weighted by Gasteiger charge is 2.16.